The molecule has 1 aliphatic rings. The van der Waals surface area contributed by atoms with Crippen molar-refractivity contribution in [3.8, 4) is 0 Å². The first-order chi connectivity index (χ1) is 11.7. The Balaban J connectivity index is 1.70. The van der Waals surface area contributed by atoms with Gasteiger partial charge in [-0.1, -0.05) is 0 Å². The molecule has 0 amide bonds. The number of fused-ring (bicyclic) bond motifs is 2. The lowest BCUT2D eigenvalue weighted by molar-refractivity contribution is 0.656. The average molecular weight is 319 g/mol. The molecule has 120 valence electrons. The van der Waals surface area contributed by atoms with Gasteiger partial charge in [-0.2, -0.15) is 0 Å². The van der Waals surface area contributed by atoms with Crippen LogP contribution >= 0.6 is 0 Å². The van der Waals surface area contributed by atoms with Gasteiger partial charge in [-0.3, -0.25) is 19.1 Å². The van der Waals surface area contributed by atoms with Crippen molar-refractivity contribution in [3.05, 3.63) is 59.2 Å². The van der Waals surface area contributed by atoms with Gasteiger partial charge in [0.1, 0.15) is 0 Å². The monoisotopic (exact) mass is 319 g/mol. The number of hydrogen-bond acceptors (Lipinski definition) is 3. The van der Waals surface area contributed by atoms with Gasteiger partial charge < -0.3 is 4.57 Å². The van der Waals surface area contributed by atoms with Gasteiger partial charge in [0, 0.05) is 42.8 Å². The van der Waals surface area contributed by atoms with Crippen LogP contribution in [0.1, 0.15) is 24.6 Å². The van der Waals surface area contributed by atoms with E-state index in [-0.39, 0.29) is 5.69 Å². The number of aryl methyl sites for hydroxylation is 1. The minimum absolute atomic E-state index is 0.0591. The lowest BCUT2D eigenvalue weighted by Crippen LogP contribution is -2.24. The van der Waals surface area contributed by atoms with Gasteiger partial charge >= 0.3 is 5.69 Å². The van der Waals surface area contributed by atoms with Crippen molar-refractivity contribution >= 4 is 21.9 Å². The van der Waals surface area contributed by atoms with E-state index in [2.05, 4.69) is 20.6 Å². The molecule has 0 unspecified atom stereocenters. The molecule has 0 aliphatic heterocycles. The molecule has 4 aromatic heterocycles. The molecule has 4 aromatic rings. The first kappa shape index (κ1) is 13.5. The third-order valence-electron chi connectivity index (χ3n) is 4.94. The molecule has 6 heteroatoms. The highest BCUT2D eigenvalue weighted by Gasteiger charge is 2.29. The van der Waals surface area contributed by atoms with Crippen molar-refractivity contribution in [3.63, 3.8) is 0 Å². The van der Waals surface area contributed by atoms with Crippen LogP contribution in [-0.2, 0) is 13.6 Å². The molecule has 0 aromatic carbocycles. The first-order valence-corrected chi connectivity index (χ1v) is 8.17. The SMILES string of the molecule is Cn1c(Cn2c(=O)n(C3CC3)c3ccncc32)cc2cnccc21. The number of rotatable bonds is 3. The molecule has 4 heterocycles. The minimum atomic E-state index is 0.0591. The van der Waals surface area contributed by atoms with E-state index in [4.69, 9.17) is 0 Å². The van der Waals surface area contributed by atoms with Gasteiger partial charge in [0.15, 0.2) is 0 Å². The van der Waals surface area contributed by atoms with Crippen molar-refractivity contribution in [2.24, 2.45) is 7.05 Å². The summed E-state index contributed by atoms with van der Waals surface area (Å²) in [7, 11) is 2.03. The predicted molar refractivity (Wildman–Crippen MR) is 92.1 cm³/mol. The zero-order chi connectivity index (χ0) is 16.3. The first-order valence-electron chi connectivity index (χ1n) is 8.17. The molecule has 1 fully saturated rings. The number of nitrogens with zero attached hydrogens (tertiary/aromatic N) is 5. The quantitative estimate of drug-likeness (QED) is 0.583. The summed E-state index contributed by atoms with van der Waals surface area (Å²) in [5.74, 6) is 0. The number of imidazole rings is 1. The maximum Gasteiger partial charge on any atom is 0.329 e. The molecule has 0 spiro atoms. The van der Waals surface area contributed by atoms with Crippen LogP contribution in [0.5, 0.6) is 0 Å². The van der Waals surface area contributed by atoms with Gasteiger partial charge in [0.25, 0.3) is 0 Å². The van der Waals surface area contributed by atoms with Crippen LogP contribution in [0.3, 0.4) is 0 Å². The van der Waals surface area contributed by atoms with Gasteiger partial charge in [-0.05, 0) is 31.0 Å². The lowest BCUT2D eigenvalue weighted by atomic mass is 10.3. The standard InChI is InChI=1S/C18H17N5O/c1-21-14(8-12-9-19-6-4-15(12)21)11-22-17-10-20-7-5-16(17)23(18(22)24)13-2-3-13/h4-10,13H,2-3,11H2,1H3. The Bertz CT molecular complexity index is 1130. The second-order valence-electron chi connectivity index (χ2n) is 6.46. The summed E-state index contributed by atoms with van der Waals surface area (Å²) in [5, 5.41) is 1.09. The Morgan fingerprint density at radius 3 is 2.58 bits per heavy atom. The normalized spacial score (nSPS) is 14.7. The van der Waals surface area contributed by atoms with E-state index >= 15 is 0 Å². The van der Waals surface area contributed by atoms with Gasteiger partial charge in [-0.15, -0.1) is 0 Å². The largest absolute Gasteiger partial charge is 0.346 e. The fourth-order valence-electron chi connectivity index (χ4n) is 3.53. The van der Waals surface area contributed by atoms with Crippen molar-refractivity contribution in [1.29, 1.82) is 0 Å². The van der Waals surface area contributed by atoms with E-state index < -0.39 is 0 Å². The Morgan fingerprint density at radius 1 is 1.08 bits per heavy atom. The number of aromatic nitrogens is 5. The smallest absolute Gasteiger partial charge is 0.329 e. The maximum absolute atomic E-state index is 13.0. The molecular weight excluding hydrogens is 302 g/mol. The fourth-order valence-corrected chi connectivity index (χ4v) is 3.53. The third kappa shape index (κ3) is 1.86. The van der Waals surface area contributed by atoms with Crippen molar-refractivity contribution in [2.45, 2.75) is 25.4 Å². The summed E-state index contributed by atoms with van der Waals surface area (Å²) in [6.07, 6.45) is 9.37. The molecule has 6 nitrogen and oxygen atoms in total. The van der Waals surface area contributed by atoms with E-state index in [1.165, 1.54) is 0 Å². The highest BCUT2D eigenvalue weighted by atomic mass is 16.1. The van der Waals surface area contributed by atoms with Gasteiger partial charge in [-0.25, -0.2) is 4.79 Å². The minimum Gasteiger partial charge on any atom is -0.346 e. The summed E-state index contributed by atoms with van der Waals surface area (Å²) in [4.78, 5) is 21.4. The third-order valence-corrected chi connectivity index (χ3v) is 4.94. The van der Waals surface area contributed by atoms with E-state index in [9.17, 15) is 4.79 Å². The zero-order valence-corrected chi connectivity index (χ0v) is 13.4. The molecule has 1 aliphatic carbocycles. The highest BCUT2D eigenvalue weighted by molar-refractivity contribution is 5.80. The Hall–Kier alpha value is -2.89. The molecule has 0 N–H and O–H groups in total. The molecule has 0 radical (unpaired) electrons. The second kappa shape index (κ2) is 4.80. The average Bonchev–Trinajstić information content (AvgIpc) is 3.33. The van der Waals surface area contributed by atoms with E-state index in [1.807, 2.05) is 34.5 Å². The van der Waals surface area contributed by atoms with E-state index in [1.54, 1.807) is 18.6 Å². The number of hydrogen-bond donors (Lipinski definition) is 0. The Kier molecular flexibility index (Phi) is 2.71. The van der Waals surface area contributed by atoms with E-state index in [0.717, 1.165) is 40.5 Å². The van der Waals surface area contributed by atoms with Crippen molar-refractivity contribution in [2.75, 3.05) is 0 Å². The van der Waals surface area contributed by atoms with Crippen LogP contribution < -0.4 is 5.69 Å². The summed E-state index contributed by atoms with van der Waals surface area (Å²) < 4.78 is 5.89. The maximum atomic E-state index is 13.0. The molecule has 1 saturated carbocycles. The predicted octanol–water partition coefficient (Wildman–Crippen LogP) is 2.47. The zero-order valence-electron chi connectivity index (χ0n) is 13.4. The molecule has 0 atom stereocenters. The topological polar surface area (TPSA) is 57.6 Å². The molecular formula is C18H17N5O. The van der Waals surface area contributed by atoms with Crippen LogP contribution in [-0.4, -0.2) is 23.7 Å². The van der Waals surface area contributed by atoms with Crippen LogP contribution in [0.25, 0.3) is 21.9 Å². The second-order valence-corrected chi connectivity index (χ2v) is 6.46. The Morgan fingerprint density at radius 2 is 1.83 bits per heavy atom. The summed E-state index contributed by atoms with van der Waals surface area (Å²) in [6.45, 7) is 0.534. The molecule has 5 rings (SSSR count). The van der Waals surface area contributed by atoms with Crippen molar-refractivity contribution in [1.82, 2.24) is 23.7 Å². The number of pyridine rings is 2. The molecule has 24 heavy (non-hydrogen) atoms. The summed E-state index contributed by atoms with van der Waals surface area (Å²) >= 11 is 0. The molecule has 0 bridgehead atoms. The van der Waals surface area contributed by atoms with E-state index in [0.29, 0.717) is 12.6 Å². The van der Waals surface area contributed by atoms with Crippen LogP contribution in [0.4, 0.5) is 0 Å². The Labute approximate surface area is 138 Å². The highest BCUT2D eigenvalue weighted by Crippen LogP contribution is 2.36. The van der Waals surface area contributed by atoms with Crippen molar-refractivity contribution < 1.29 is 0 Å². The van der Waals surface area contributed by atoms with Crippen LogP contribution in [0.2, 0.25) is 0 Å². The molecule has 0 saturated heterocycles. The fraction of sp³-hybridized carbons (Fsp3) is 0.278. The van der Waals surface area contributed by atoms with Gasteiger partial charge in [0.05, 0.1) is 29.3 Å². The van der Waals surface area contributed by atoms with Crippen LogP contribution in [0, 0.1) is 0 Å². The lowest BCUT2D eigenvalue weighted by Gasteiger charge is -2.05. The summed E-state index contributed by atoms with van der Waals surface area (Å²) in [6, 6.07) is 6.39. The summed E-state index contributed by atoms with van der Waals surface area (Å²) in [5.41, 5.74) is 4.15. The van der Waals surface area contributed by atoms with Crippen LogP contribution in [0.15, 0.2) is 47.8 Å². The van der Waals surface area contributed by atoms with Gasteiger partial charge in [0.2, 0.25) is 0 Å².